The van der Waals surface area contributed by atoms with Crippen LogP contribution in [-0.4, -0.2) is 11.0 Å². The first-order chi connectivity index (χ1) is 11.1. The van der Waals surface area contributed by atoms with E-state index in [4.69, 9.17) is 9.15 Å². The molecule has 0 atom stereocenters. The number of oxazole rings is 1. The zero-order chi connectivity index (χ0) is 16.2. The van der Waals surface area contributed by atoms with Gasteiger partial charge in [-0.15, -0.1) is 0 Å². The fourth-order valence-corrected chi connectivity index (χ4v) is 2.31. The molecule has 4 heteroatoms. The van der Waals surface area contributed by atoms with Gasteiger partial charge in [-0.25, -0.2) is 9.78 Å². The van der Waals surface area contributed by atoms with Crippen LogP contribution in [0.25, 0.3) is 11.5 Å². The van der Waals surface area contributed by atoms with Gasteiger partial charge in [0.25, 0.3) is 0 Å². The van der Waals surface area contributed by atoms with E-state index in [1.54, 1.807) is 6.92 Å². The van der Waals surface area contributed by atoms with Crippen LogP contribution in [0.4, 0.5) is 0 Å². The Labute approximate surface area is 134 Å². The van der Waals surface area contributed by atoms with E-state index in [9.17, 15) is 4.79 Å². The van der Waals surface area contributed by atoms with Gasteiger partial charge in [0, 0.05) is 5.56 Å². The van der Waals surface area contributed by atoms with Crippen LogP contribution in [-0.2, 0) is 11.3 Å². The lowest BCUT2D eigenvalue weighted by atomic mass is 10.1. The summed E-state index contributed by atoms with van der Waals surface area (Å²) in [7, 11) is 0. The van der Waals surface area contributed by atoms with Crippen LogP contribution in [0.1, 0.15) is 27.4 Å². The van der Waals surface area contributed by atoms with E-state index in [0.29, 0.717) is 11.7 Å². The van der Waals surface area contributed by atoms with Gasteiger partial charge in [-0.2, -0.15) is 0 Å². The Kier molecular flexibility index (Phi) is 4.24. The molecule has 0 radical (unpaired) electrons. The summed E-state index contributed by atoms with van der Waals surface area (Å²) in [5, 5.41) is 0. The van der Waals surface area contributed by atoms with Crippen molar-refractivity contribution < 1.29 is 13.9 Å². The maximum atomic E-state index is 12.2. The van der Waals surface area contributed by atoms with Crippen LogP contribution >= 0.6 is 0 Å². The first-order valence-corrected chi connectivity index (χ1v) is 7.39. The molecule has 3 aromatic rings. The van der Waals surface area contributed by atoms with Crippen LogP contribution in [0.3, 0.4) is 0 Å². The number of nitrogens with zero attached hydrogens (tertiary/aromatic N) is 1. The average Bonchev–Trinajstić information content (AvgIpc) is 2.95. The second-order valence-corrected chi connectivity index (χ2v) is 5.36. The molecule has 0 fully saturated rings. The molecular formula is C19H17NO3. The number of esters is 1. The van der Waals surface area contributed by atoms with Crippen molar-refractivity contribution in [3.63, 3.8) is 0 Å². The molecule has 0 N–H and O–H groups in total. The first kappa shape index (κ1) is 15.0. The van der Waals surface area contributed by atoms with Crippen LogP contribution in [0.15, 0.2) is 59.0 Å². The maximum absolute atomic E-state index is 12.2. The fraction of sp³-hybridized carbons (Fsp3) is 0.158. The minimum absolute atomic E-state index is 0.216. The lowest BCUT2D eigenvalue weighted by Gasteiger charge is -2.04. The summed E-state index contributed by atoms with van der Waals surface area (Å²) >= 11 is 0. The second-order valence-electron chi connectivity index (χ2n) is 5.36. The zero-order valence-corrected chi connectivity index (χ0v) is 13.1. The van der Waals surface area contributed by atoms with Crippen molar-refractivity contribution in [3.8, 4) is 11.5 Å². The lowest BCUT2D eigenvalue weighted by molar-refractivity contribution is 0.0464. The normalized spacial score (nSPS) is 10.5. The summed E-state index contributed by atoms with van der Waals surface area (Å²) in [5.41, 5.74) is 3.12. The highest BCUT2D eigenvalue weighted by atomic mass is 16.5. The van der Waals surface area contributed by atoms with E-state index in [2.05, 4.69) is 4.98 Å². The summed E-state index contributed by atoms with van der Waals surface area (Å²) in [6.45, 7) is 3.93. The Morgan fingerprint density at radius 3 is 2.61 bits per heavy atom. The molecule has 0 unspecified atom stereocenters. The van der Waals surface area contributed by atoms with Gasteiger partial charge in [0.2, 0.25) is 5.89 Å². The van der Waals surface area contributed by atoms with Gasteiger partial charge in [0.1, 0.15) is 12.4 Å². The Morgan fingerprint density at radius 2 is 1.87 bits per heavy atom. The molecule has 0 bridgehead atoms. The summed E-state index contributed by atoms with van der Waals surface area (Å²) in [4.78, 5) is 16.5. The lowest BCUT2D eigenvalue weighted by Crippen LogP contribution is -2.07. The molecule has 0 aliphatic carbocycles. The van der Waals surface area contributed by atoms with E-state index in [1.807, 2.05) is 61.5 Å². The number of rotatable bonds is 4. The number of carbonyl (C=O) groups excluding carboxylic acids is 1. The van der Waals surface area contributed by atoms with Gasteiger partial charge < -0.3 is 9.15 Å². The molecule has 3 rings (SSSR count). The summed E-state index contributed by atoms with van der Waals surface area (Å²) in [6, 6.07) is 17.3. The van der Waals surface area contributed by atoms with Gasteiger partial charge in [0.05, 0.1) is 0 Å². The van der Waals surface area contributed by atoms with Gasteiger partial charge in [-0.1, -0.05) is 48.0 Å². The highest BCUT2D eigenvalue weighted by molar-refractivity contribution is 5.88. The summed E-state index contributed by atoms with van der Waals surface area (Å²) < 4.78 is 10.9. The highest BCUT2D eigenvalue weighted by Gasteiger charge is 2.19. The summed E-state index contributed by atoms with van der Waals surface area (Å²) in [5.74, 6) is 0.402. The smallest absolute Gasteiger partial charge is 0.360 e. The molecular weight excluding hydrogens is 290 g/mol. The predicted molar refractivity (Wildman–Crippen MR) is 87.0 cm³/mol. The second kappa shape index (κ2) is 6.48. The monoisotopic (exact) mass is 307 g/mol. The molecule has 1 aromatic heterocycles. The molecule has 0 saturated heterocycles. The van der Waals surface area contributed by atoms with E-state index < -0.39 is 5.97 Å². The van der Waals surface area contributed by atoms with Gasteiger partial charge >= 0.3 is 5.97 Å². The van der Waals surface area contributed by atoms with Crippen molar-refractivity contribution in [2.45, 2.75) is 20.5 Å². The van der Waals surface area contributed by atoms with E-state index >= 15 is 0 Å². The number of hydrogen-bond acceptors (Lipinski definition) is 4. The molecule has 0 aliphatic rings. The number of aryl methyl sites for hydroxylation is 2. The van der Waals surface area contributed by atoms with Crippen LogP contribution in [0.2, 0.25) is 0 Å². The minimum Gasteiger partial charge on any atom is -0.456 e. The standard InChI is InChI=1S/C19H17NO3/c1-13-7-6-8-15(11-13)12-22-19(21)17-14(2)23-18(20-17)16-9-4-3-5-10-16/h3-11H,12H2,1-2H3. The SMILES string of the molecule is Cc1cccc(COC(=O)c2nc(-c3ccccc3)oc2C)c1. The van der Waals surface area contributed by atoms with Crippen molar-refractivity contribution in [2.24, 2.45) is 0 Å². The molecule has 0 saturated carbocycles. The zero-order valence-electron chi connectivity index (χ0n) is 13.1. The van der Waals surface area contributed by atoms with E-state index in [1.165, 1.54) is 0 Å². The molecule has 116 valence electrons. The van der Waals surface area contributed by atoms with E-state index in [-0.39, 0.29) is 12.3 Å². The van der Waals surface area contributed by atoms with Crippen LogP contribution in [0.5, 0.6) is 0 Å². The van der Waals surface area contributed by atoms with E-state index in [0.717, 1.165) is 16.7 Å². The Hall–Kier alpha value is -2.88. The number of benzene rings is 2. The minimum atomic E-state index is -0.477. The molecule has 2 aromatic carbocycles. The Balaban J connectivity index is 1.74. The van der Waals surface area contributed by atoms with Crippen molar-refractivity contribution in [2.75, 3.05) is 0 Å². The fourth-order valence-electron chi connectivity index (χ4n) is 2.31. The Bertz CT molecular complexity index is 822. The molecule has 23 heavy (non-hydrogen) atoms. The summed E-state index contributed by atoms with van der Waals surface area (Å²) in [6.07, 6.45) is 0. The predicted octanol–water partition coefficient (Wildman–Crippen LogP) is 4.32. The molecule has 0 spiro atoms. The molecule has 4 nitrogen and oxygen atoms in total. The Morgan fingerprint density at radius 1 is 1.09 bits per heavy atom. The van der Waals surface area contributed by atoms with Gasteiger partial charge in [-0.05, 0) is 31.5 Å². The molecule has 1 heterocycles. The number of ether oxygens (including phenoxy) is 1. The van der Waals surface area contributed by atoms with Crippen LogP contribution in [0, 0.1) is 13.8 Å². The first-order valence-electron chi connectivity index (χ1n) is 7.39. The number of aromatic nitrogens is 1. The van der Waals surface area contributed by atoms with Crippen molar-refractivity contribution in [1.29, 1.82) is 0 Å². The third-order valence-corrected chi connectivity index (χ3v) is 3.46. The van der Waals surface area contributed by atoms with Gasteiger partial charge in [0.15, 0.2) is 5.69 Å². The third kappa shape index (κ3) is 3.48. The molecule has 0 amide bonds. The quantitative estimate of drug-likeness (QED) is 0.674. The topological polar surface area (TPSA) is 52.3 Å². The van der Waals surface area contributed by atoms with Crippen molar-refractivity contribution >= 4 is 5.97 Å². The van der Waals surface area contributed by atoms with Crippen LogP contribution < -0.4 is 0 Å². The largest absolute Gasteiger partial charge is 0.456 e. The van der Waals surface area contributed by atoms with Gasteiger partial charge in [-0.3, -0.25) is 0 Å². The highest BCUT2D eigenvalue weighted by Crippen LogP contribution is 2.22. The number of carbonyl (C=O) groups is 1. The van der Waals surface area contributed by atoms with Crippen molar-refractivity contribution in [1.82, 2.24) is 4.98 Å². The maximum Gasteiger partial charge on any atom is 0.360 e. The molecule has 0 aliphatic heterocycles. The average molecular weight is 307 g/mol. The third-order valence-electron chi connectivity index (χ3n) is 3.46. The van der Waals surface area contributed by atoms with Crippen molar-refractivity contribution in [3.05, 3.63) is 77.2 Å². The number of hydrogen-bond donors (Lipinski definition) is 0.